The third kappa shape index (κ3) is 3.74. The van der Waals surface area contributed by atoms with E-state index in [1.165, 1.54) is 29.7 Å². The second-order valence-electron chi connectivity index (χ2n) is 6.86. The molecule has 31 heavy (non-hydrogen) atoms. The minimum Gasteiger partial charge on any atom is -0.506 e. The lowest BCUT2D eigenvalue weighted by atomic mass is 10.1. The summed E-state index contributed by atoms with van der Waals surface area (Å²) < 4.78 is 34.3. The minimum absolute atomic E-state index is 0.0410. The molecule has 0 saturated carbocycles. The van der Waals surface area contributed by atoms with Gasteiger partial charge in [-0.05, 0) is 43.3 Å². The van der Waals surface area contributed by atoms with E-state index in [0.717, 1.165) is 0 Å². The summed E-state index contributed by atoms with van der Waals surface area (Å²) in [5.74, 6) is -0.252. The molecule has 0 aliphatic rings. The normalized spacial score (nSPS) is 12.3. The van der Waals surface area contributed by atoms with Crippen molar-refractivity contribution in [3.63, 3.8) is 0 Å². The topological polar surface area (TPSA) is 109 Å². The van der Waals surface area contributed by atoms with Gasteiger partial charge in [-0.2, -0.15) is 8.42 Å². The third-order valence-corrected chi connectivity index (χ3v) is 5.76. The second-order valence-corrected chi connectivity index (χ2v) is 8.25. The molecule has 0 aliphatic heterocycles. The van der Waals surface area contributed by atoms with Gasteiger partial charge in [0.05, 0.1) is 16.9 Å². The number of hydrogen-bond donors (Lipinski definition) is 2. The SMILES string of the molecule is CC(=Nc1ccccc1S(=O)(=O)O)c1c(O)c2ccccc2n(-c2ccccc2)c1=O. The molecular weight excluding hydrogens is 416 g/mol. The Bertz CT molecular complexity index is 1490. The van der Waals surface area contributed by atoms with E-state index in [2.05, 4.69) is 4.99 Å². The van der Waals surface area contributed by atoms with E-state index in [9.17, 15) is 22.9 Å². The highest BCUT2D eigenvalue weighted by atomic mass is 32.2. The van der Waals surface area contributed by atoms with Crippen LogP contribution in [0.4, 0.5) is 5.69 Å². The van der Waals surface area contributed by atoms with Crippen molar-refractivity contribution in [3.8, 4) is 11.4 Å². The summed E-state index contributed by atoms with van der Waals surface area (Å²) in [5, 5.41) is 11.4. The molecule has 0 radical (unpaired) electrons. The van der Waals surface area contributed by atoms with Gasteiger partial charge in [0.1, 0.15) is 16.2 Å². The Morgan fingerprint density at radius 3 is 2.23 bits per heavy atom. The number of nitrogens with zero attached hydrogens (tertiary/aromatic N) is 2. The molecule has 8 heteroatoms. The summed E-state index contributed by atoms with van der Waals surface area (Å²) in [4.78, 5) is 17.3. The van der Waals surface area contributed by atoms with E-state index in [4.69, 9.17) is 0 Å². The lowest BCUT2D eigenvalue weighted by Gasteiger charge is -2.15. The molecule has 2 N–H and O–H groups in total. The molecule has 0 atom stereocenters. The summed E-state index contributed by atoms with van der Waals surface area (Å²) in [6, 6.07) is 21.5. The minimum atomic E-state index is -4.52. The highest BCUT2D eigenvalue weighted by molar-refractivity contribution is 7.86. The first-order valence-corrected chi connectivity index (χ1v) is 10.8. The lowest BCUT2D eigenvalue weighted by Crippen LogP contribution is -2.25. The van der Waals surface area contributed by atoms with Crippen molar-refractivity contribution in [1.82, 2.24) is 4.57 Å². The first-order valence-electron chi connectivity index (χ1n) is 9.33. The van der Waals surface area contributed by atoms with Crippen LogP contribution in [0.15, 0.2) is 93.5 Å². The van der Waals surface area contributed by atoms with Crippen molar-refractivity contribution in [1.29, 1.82) is 0 Å². The molecule has 4 aromatic rings. The second kappa shape index (κ2) is 7.82. The Morgan fingerprint density at radius 2 is 1.52 bits per heavy atom. The van der Waals surface area contributed by atoms with Crippen molar-refractivity contribution in [2.75, 3.05) is 0 Å². The van der Waals surface area contributed by atoms with E-state index >= 15 is 0 Å². The molecule has 0 unspecified atom stereocenters. The van der Waals surface area contributed by atoms with E-state index < -0.39 is 20.6 Å². The van der Waals surface area contributed by atoms with Crippen LogP contribution >= 0.6 is 0 Å². The van der Waals surface area contributed by atoms with Crippen LogP contribution in [0, 0.1) is 0 Å². The summed E-state index contributed by atoms with van der Waals surface area (Å²) in [5.41, 5.74) is 0.623. The number of pyridine rings is 1. The average Bonchev–Trinajstić information content (AvgIpc) is 2.74. The van der Waals surface area contributed by atoms with Crippen LogP contribution in [0.25, 0.3) is 16.6 Å². The molecule has 1 heterocycles. The predicted octanol–water partition coefficient (Wildman–Crippen LogP) is 4.08. The van der Waals surface area contributed by atoms with Gasteiger partial charge >= 0.3 is 0 Å². The van der Waals surface area contributed by atoms with E-state index in [1.807, 2.05) is 6.07 Å². The van der Waals surface area contributed by atoms with Crippen LogP contribution < -0.4 is 5.56 Å². The van der Waals surface area contributed by atoms with Crippen molar-refractivity contribution in [2.45, 2.75) is 11.8 Å². The fourth-order valence-corrected chi connectivity index (χ4v) is 4.12. The first kappa shape index (κ1) is 20.5. The van der Waals surface area contributed by atoms with Gasteiger partial charge in [-0.15, -0.1) is 0 Å². The number of aromatic hydroxyl groups is 1. The Labute approximate surface area is 178 Å². The molecule has 1 aromatic heterocycles. The van der Waals surface area contributed by atoms with Crippen molar-refractivity contribution in [2.24, 2.45) is 4.99 Å². The zero-order valence-electron chi connectivity index (χ0n) is 16.4. The van der Waals surface area contributed by atoms with Crippen LogP contribution in [0.1, 0.15) is 12.5 Å². The number of hydrogen-bond acceptors (Lipinski definition) is 5. The monoisotopic (exact) mass is 434 g/mol. The molecule has 0 bridgehead atoms. The van der Waals surface area contributed by atoms with Crippen molar-refractivity contribution < 1.29 is 18.1 Å². The van der Waals surface area contributed by atoms with Gasteiger partial charge in [0.2, 0.25) is 0 Å². The Hall–Kier alpha value is -3.75. The van der Waals surface area contributed by atoms with Crippen molar-refractivity contribution >= 4 is 32.4 Å². The van der Waals surface area contributed by atoms with Crippen LogP contribution in [0.5, 0.6) is 5.75 Å². The number of para-hydroxylation sites is 3. The maximum absolute atomic E-state index is 13.5. The molecule has 156 valence electrons. The standard InChI is InChI=1S/C23H18N2O5S/c1-15(24-18-12-6-8-14-20(18)31(28,29)30)21-22(26)17-11-5-7-13-19(17)25(23(21)27)16-9-3-2-4-10-16/h2-14,26H,1H3,(H,28,29,30). The zero-order chi connectivity index (χ0) is 22.2. The van der Waals surface area contributed by atoms with Gasteiger partial charge in [0, 0.05) is 11.1 Å². The van der Waals surface area contributed by atoms with Crippen LogP contribution in [-0.2, 0) is 10.1 Å². The lowest BCUT2D eigenvalue weighted by molar-refractivity contribution is 0.478. The largest absolute Gasteiger partial charge is 0.506 e. The van der Waals surface area contributed by atoms with Gasteiger partial charge in [0.15, 0.2) is 0 Å². The van der Waals surface area contributed by atoms with Gasteiger partial charge in [-0.3, -0.25) is 18.9 Å². The molecule has 0 amide bonds. The Morgan fingerprint density at radius 1 is 0.903 bits per heavy atom. The van der Waals surface area contributed by atoms with E-state index in [0.29, 0.717) is 16.6 Å². The number of aliphatic imine (C=N–C) groups is 1. The molecule has 7 nitrogen and oxygen atoms in total. The summed E-state index contributed by atoms with van der Waals surface area (Å²) >= 11 is 0. The smallest absolute Gasteiger partial charge is 0.296 e. The van der Waals surface area contributed by atoms with Crippen LogP contribution in [0.2, 0.25) is 0 Å². The molecule has 0 saturated heterocycles. The maximum Gasteiger partial charge on any atom is 0.296 e. The van der Waals surface area contributed by atoms with Gasteiger partial charge in [-0.25, -0.2) is 0 Å². The molecule has 4 rings (SSSR count). The molecule has 3 aromatic carbocycles. The number of aromatic nitrogens is 1. The quantitative estimate of drug-likeness (QED) is 0.372. The first-order chi connectivity index (χ1) is 14.8. The highest BCUT2D eigenvalue weighted by Gasteiger charge is 2.21. The summed E-state index contributed by atoms with van der Waals surface area (Å²) in [6.07, 6.45) is 0. The highest BCUT2D eigenvalue weighted by Crippen LogP contribution is 2.30. The molecular formula is C23H18N2O5S. The average molecular weight is 434 g/mol. The number of rotatable bonds is 4. The maximum atomic E-state index is 13.5. The fraction of sp³-hybridized carbons (Fsp3) is 0.0435. The Balaban J connectivity index is 2.04. The molecule has 0 aliphatic carbocycles. The number of benzene rings is 3. The van der Waals surface area contributed by atoms with Crippen LogP contribution in [-0.4, -0.2) is 28.4 Å². The van der Waals surface area contributed by atoms with Crippen LogP contribution in [0.3, 0.4) is 0 Å². The fourth-order valence-electron chi connectivity index (χ4n) is 3.49. The van der Waals surface area contributed by atoms with Gasteiger partial charge < -0.3 is 5.11 Å². The summed E-state index contributed by atoms with van der Waals surface area (Å²) in [6.45, 7) is 1.50. The predicted molar refractivity (Wildman–Crippen MR) is 119 cm³/mol. The van der Waals surface area contributed by atoms with E-state index in [1.54, 1.807) is 54.6 Å². The summed E-state index contributed by atoms with van der Waals surface area (Å²) in [7, 11) is -4.52. The van der Waals surface area contributed by atoms with Crippen molar-refractivity contribution in [3.05, 3.63) is 94.8 Å². The molecule has 0 spiro atoms. The third-order valence-electron chi connectivity index (χ3n) is 4.86. The van der Waals surface area contributed by atoms with Gasteiger partial charge in [-0.1, -0.05) is 42.5 Å². The molecule has 0 fully saturated rings. The van der Waals surface area contributed by atoms with Gasteiger partial charge in [0.25, 0.3) is 15.7 Å². The Kier molecular flexibility index (Phi) is 5.18. The zero-order valence-corrected chi connectivity index (χ0v) is 17.2. The van der Waals surface area contributed by atoms with E-state index in [-0.39, 0.29) is 22.7 Å². The number of fused-ring (bicyclic) bond motifs is 1.